The number of nitrogens with two attached hydrogens (primary N) is 2. The van der Waals surface area contributed by atoms with Crippen molar-refractivity contribution in [3.8, 4) is 0 Å². The Bertz CT molecular complexity index is 575. The zero-order chi connectivity index (χ0) is 21.3. The Morgan fingerprint density at radius 3 is 2.46 bits per heavy atom. The highest BCUT2D eigenvalue weighted by atomic mass is 16.6. The lowest BCUT2D eigenvalue weighted by molar-refractivity contribution is -0.132. The number of hydrogen-bond donors (Lipinski definition) is 4. The molecule has 1 aliphatic rings. The fraction of sp³-hybridized carbons (Fsp3) is 0.778. The van der Waals surface area contributed by atoms with Crippen molar-refractivity contribution in [1.29, 1.82) is 0 Å². The Labute approximate surface area is 165 Å². The van der Waals surface area contributed by atoms with Crippen LogP contribution in [-0.4, -0.2) is 66.0 Å². The Morgan fingerprint density at radius 1 is 1.21 bits per heavy atom. The standard InChI is InChI=1S/C18H33N5O5/c1-18(2,3)28-17(27)23-10-6-8-13(23)16(26)22-12(7-4-5-9-19)15(25)21-11-14(20)24/h12-13H,4-11,19H2,1-3H3,(H2,20,24)(H,21,25)(H,22,26)/t12-,13-/m0/s1. The largest absolute Gasteiger partial charge is 0.444 e. The third-order valence-corrected chi connectivity index (χ3v) is 4.20. The molecule has 1 aliphatic heterocycles. The summed E-state index contributed by atoms with van der Waals surface area (Å²) >= 11 is 0. The monoisotopic (exact) mass is 399 g/mol. The highest BCUT2D eigenvalue weighted by molar-refractivity contribution is 5.92. The molecule has 1 saturated heterocycles. The third kappa shape index (κ3) is 8.12. The zero-order valence-electron chi connectivity index (χ0n) is 17.0. The number of carbonyl (C=O) groups is 4. The maximum Gasteiger partial charge on any atom is 0.410 e. The van der Waals surface area contributed by atoms with E-state index in [1.165, 1.54) is 4.90 Å². The van der Waals surface area contributed by atoms with Gasteiger partial charge in [0, 0.05) is 6.54 Å². The molecule has 0 aliphatic carbocycles. The van der Waals surface area contributed by atoms with E-state index in [4.69, 9.17) is 16.2 Å². The van der Waals surface area contributed by atoms with Crippen LogP contribution in [0.3, 0.4) is 0 Å². The van der Waals surface area contributed by atoms with Crippen molar-refractivity contribution < 1.29 is 23.9 Å². The van der Waals surface area contributed by atoms with Crippen molar-refractivity contribution in [3.63, 3.8) is 0 Å². The summed E-state index contributed by atoms with van der Waals surface area (Å²) in [5.41, 5.74) is 9.87. The molecule has 0 aromatic carbocycles. The molecule has 0 aromatic rings. The van der Waals surface area contributed by atoms with Gasteiger partial charge in [0.1, 0.15) is 17.7 Å². The molecule has 10 nitrogen and oxygen atoms in total. The summed E-state index contributed by atoms with van der Waals surface area (Å²) in [6.45, 7) is 5.85. The lowest BCUT2D eigenvalue weighted by Crippen LogP contribution is -2.54. The molecular weight excluding hydrogens is 366 g/mol. The minimum Gasteiger partial charge on any atom is -0.444 e. The van der Waals surface area contributed by atoms with E-state index >= 15 is 0 Å². The van der Waals surface area contributed by atoms with Gasteiger partial charge < -0.3 is 26.8 Å². The fourth-order valence-electron chi connectivity index (χ4n) is 2.91. The SMILES string of the molecule is CC(C)(C)OC(=O)N1CCC[C@H]1C(=O)N[C@@H](CCCCN)C(=O)NCC(N)=O. The van der Waals surface area contributed by atoms with Gasteiger partial charge in [-0.2, -0.15) is 0 Å². The van der Waals surface area contributed by atoms with Crippen molar-refractivity contribution in [2.24, 2.45) is 11.5 Å². The highest BCUT2D eigenvalue weighted by Crippen LogP contribution is 2.21. The summed E-state index contributed by atoms with van der Waals surface area (Å²) in [7, 11) is 0. The molecule has 0 spiro atoms. The third-order valence-electron chi connectivity index (χ3n) is 4.20. The molecule has 0 unspecified atom stereocenters. The number of nitrogens with one attached hydrogen (secondary N) is 2. The van der Waals surface area contributed by atoms with Crippen molar-refractivity contribution in [2.45, 2.75) is 70.6 Å². The number of rotatable bonds is 9. The molecule has 4 amide bonds. The van der Waals surface area contributed by atoms with Crippen LogP contribution in [0.5, 0.6) is 0 Å². The van der Waals surface area contributed by atoms with Gasteiger partial charge in [-0.1, -0.05) is 0 Å². The van der Waals surface area contributed by atoms with Crippen LogP contribution in [0.2, 0.25) is 0 Å². The van der Waals surface area contributed by atoms with Crippen molar-refractivity contribution in [3.05, 3.63) is 0 Å². The molecule has 1 heterocycles. The van der Waals surface area contributed by atoms with Gasteiger partial charge in [0.15, 0.2) is 0 Å². The van der Waals surface area contributed by atoms with Gasteiger partial charge in [0.05, 0.1) is 6.54 Å². The summed E-state index contributed by atoms with van der Waals surface area (Å²) in [6.07, 6.45) is 2.30. The number of unbranched alkanes of at least 4 members (excludes halogenated alkanes) is 1. The van der Waals surface area contributed by atoms with Crippen LogP contribution in [0.4, 0.5) is 4.79 Å². The van der Waals surface area contributed by atoms with E-state index in [0.717, 1.165) is 0 Å². The molecule has 0 radical (unpaired) electrons. The first-order chi connectivity index (χ1) is 13.0. The molecule has 2 atom stereocenters. The number of amides is 4. The first-order valence-corrected chi connectivity index (χ1v) is 9.61. The Kier molecular flexibility index (Phi) is 9.17. The Morgan fingerprint density at radius 2 is 1.89 bits per heavy atom. The molecule has 1 rings (SSSR count). The van der Waals surface area contributed by atoms with Gasteiger partial charge in [-0.3, -0.25) is 19.3 Å². The van der Waals surface area contributed by atoms with E-state index < -0.39 is 41.5 Å². The minimum atomic E-state index is -0.834. The van der Waals surface area contributed by atoms with Crippen molar-refractivity contribution in [1.82, 2.24) is 15.5 Å². The van der Waals surface area contributed by atoms with Crippen LogP contribution in [-0.2, 0) is 19.1 Å². The maximum absolute atomic E-state index is 12.8. The predicted octanol–water partition coefficient (Wildman–Crippen LogP) is -0.399. The number of ether oxygens (including phenoxy) is 1. The summed E-state index contributed by atoms with van der Waals surface area (Å²) < 4.78 is 5.36. The predicted molar refractivity (Wildman–Crippen MR) is 103 cm³/mol. The zero-order valence-corrected chi connectivity index (χ0v) is 17.0. The molecule has 6 N–H and O–H groups in total. The first kappa shape index (κ1) is 23.7. The van der Waals surface area contributed by atoms with Crippen molar-refractivity contribution >= 4 is 23.8 Å². The lowest BCUT2D eigenvalue weighted by atomic mass is 10.1. The number of carbonyl (C=O) groups excluding carboxylic acids is 4. The second-order valence-corrected chi connectivity index (χ2v) is 7.86. The van der Waals surface area contributed by atoms with E-state index in [9.17, 15) is 19.2 Å². The van der Waals surface area contributed by atoms with Crippen LogP contribution < -0.4 is 22.1 Å². The quantitative estimate of drug-likeness (QED) is 0.386. The second kappa shape index (κ2) is 10.8. The van der Waals surface area contributed by atoms with Crippen LogP contribution >= 0.6 is 0 Å². The summed E-state index contributed by atoms with van der Waals surface area (Å²) in [5.74, 6) is -1.59. The van der Waals surface area contributed by atoms with Gasteiger partial charge >= 0.3 is 6.09 Å². The van der Waals surface area contributed by atoms with E-state index in [1.807, 2.05) is 0 Å². The van der Waals surface area contributed by atoms with Gasteiger partial charge in [0.25, 0.3) is 0 Å². The Balaban J connectivity index is 2.76. The molecule has 160 valence electrons. The fourth-order valence-corrected chi connectivity index (χ4v) is 2.91. The smallest absolute Gasteiger partial charge is 0.410 e. The highest BCUT2D eigenvalue weighted by Gasteiger charge is 2.37. The topological polar surface area (TPSA) is 157 Å². The van der Waals surface area contributed by atoms with E-state index in [2.05, 4.69) is 10.6 Å². The molecule has 0 bridgehead atoms. The van der Waals surface area contributed by atoms with E-state index in [1.54, 1.807) is 20.8 Å². The van der Waals surface area contributed by atoms with Gasteiger partial charge in [-0.05, 0) is 59.4 Å². The Hall–Kier alpha value is -2.36. The molecular formula is C18H33N5O5. The molecule has 0 aromatic heterocycles. The summed E-state index contributed by atoms with van der Waals surface area (Å²) in [4.78, 5) is 49.7. The average Bonchev–Trinajstić information content (AvgIpc) is 3.07. The minimum absolute atomic E-state index is 0.310. The summed E-state index contributed by atoms with van der Waals surface area (Å²) in [6, 6.07) is -1.53. The normalized spacial score (nSPS) is 17.7. The number of likely N-dealkylation sites (tertiary alicyclic amines) is 1. The van der Waals surface area contributed by atoms with Crippen LogP contribution in [0, 0.1) is 0 Å². The molecule has 0 saturated carbocycles. The van der Waals surface area contributed by atoms with Crippen LogP contribution in [0.25, 0.3) is 0 Å². The number of hydrogen-bond acceptors (Lipinski definition) is 6. The van der Waals surface area contributed by atoms with Crippen LogP contribution in [0.15, 0.2) is 0 Å². The first-order valence-electron chi connectivity index (χ1n) is 9.61. The van der Waals surface area contributed by atoms with Crippen LogP contribution in [0.1, 0.15) is 52.9 Å². The van der Waals surface area contributed by atoms with E-state index in [-0.39, 0.29) is 6.54 Å². The molecule has 28 heavy (non-hydrogen) atoms. The van der Waals surface area contributed by atoms with E-state index in [0.29, 0.717) is 45.2 Å². The van der Waals surface area contributed by atoms with Gasteiger partial charge in [-0.15, -0.1) is 0 Å². The summed E-state index contributed by atoms with van der Waals surface area (Å²) in [5, 5.41) is 5.10. The van der Waals surface area contributed by atoms with Gasteiger partial charge in [0.2, 0.25) is 17.7 Å². The number of primary amides is 1. The second-order valence-electron chi connectivity index (χ2n) is 7.86. The maximum atomic E-state index is 12.8. The lowest BCUT2D eigenvalue weighted by Gasteiger charge is -2.29. The molecule has 1 fully saturated rings. The number of nitrogens with zero attached hydrogens (tertiary/aromatic N) is 1. The van der Waals surface area contributed by atoms with Crippen molar-refractivity contribution in [2.75, 3.05) is 19.6 Å². The average molecular weight is 399 g/mol. The van der Waals surface area contributed by atoms with Gasteiger partial charge in [-0.25, -0.2) is 4.79 Å². The molecule has 10 heteroatoms.